The van der Waals surface area contributed by atoms with E-state index in [0.717, 1.165) is 38.0 Å². The molecule has 2 aromatic carbocycles. The van der Waals surface area contributed by atoms with Crippen LogP contribution in [0.5, 0.6) is 5.75 Å². The summed E-state index contributed by atoms with van der Waals surface area (Å²) in [6, 6.07) is 15.9. The van der Waals surface area contributed by atoms with Crippen LogP contribution in [-0.4, -0.2) is 73.0 Å². The molecule has 7 heteroatoms. The van der Waals surface area contributed by atoms with E-state index in [1.807, 2.05) is 0 Å². The monoisotopic (exact) mass is 603 g/mol. The van der Waals surface area contributed by atoms with Crippen LogP contribution in [0.25, 0.3) is 0 Å². The topological polar surface area (TPSA) is 87.1 Å². The number of rotatable bonds is 7. The Balaban J connectivity index is 1.16. The molecule has 7 rings (SSSR count). The molecule has 7 atom stereocenters. The number of aliphatic hydroxyl groups is 2. The molecule has 0 amide bonds. The number of aliphatic hydroxyl groups excluding tert-OH is 1. The molecule has 3 saturated carbocycles. The average molecular weight is 604 g/mol. The predicted octanol–water partition coefficient (Wildman–Crippen LogP) is 4.65. The van der Waals surface area contributed by atoms with E-state index in [9.17, 15) is 18.6 Å². The number of terminal acetylenes is 1. The molecule has 43 heavy (non-hydrogen) atoms. The van der Waals surface area contributed by atoms with Crippen LogP contribution in [0, 0.1) is 29.6 Å². The zero-order chi connectivity index (χ0) is 30.0. The number of aryl methyl sites for hydroxylation is 1. The standard InChI is InChI=1S/C36H45NO5S/c1-3-33(38)36(39)15-14-32-30-12-10-27-22-28(42-19-16-37-17-20-43(40,41)21-18-37)11-13-29(27)34(30)31(23-35(32,36)2)26-8-6-25(7-9-26)24-4-5-24/h1,6-9,11,13,22,24,30-34,38-39H,4-5,10,12,14-21,23H2,2H3/t30-,31+,32-,33?,34?,35-,36+/m0/s1. The van der Waals surface area contributed by atoms with Gasteiger partial charge in [-0.25, -0.2) is 8.42 Å². The highest BCUT2D eigenvalue weighted by molar-refractivity contribution is 7.91. The number of ether oxygens (including phenoxy) is 1. The Labute approximate surface area is 256 Å². The summed E-state index contributed by atoms with van der Waals surface area (Å²) in [5.74, 6) is 5.79. The van der Waals surface area contributed by atoms with Gasteiger partial charge in [0.15, 0.2) is 9.84 Å². The molecule has 2 unspecified atom stereocenters. The second kappa shape index (κ2) is 10.9. The molecular weight excluding hydrogens is 558 g/mol. The molecule has 0 radical (unpaired) electrons. The Morgan fingerprint density at radius 1 is 1.07 bits per heavy atom. The van der Waals surface area contributed by atoms with Crippen LogP contribution in [-0.2, 0) is 16.3 Å². The molecule has 230 valence electrons. The van der Waals surface area contributed by atoms with E-state index >= 15 is 0 Å². The van der Waals surface area contributed by atoms with Crippen molar-refractivity contribution in [2.75, 3.05) is 37.7 Å². The van der Waals surface area contributed by atoms with Crippen LogP contribution in [0.2, 0.25) is 0 Å². The Bertz CT molecular complexity index is 1500. The van der Waals surface area contributed by atoms with Gasteiger partial charge in [-0.2, -0.15) is 0 Å². The lowest BCUT2D eigenvalue weighted by Crippen LogP contribution is -2.57. The van der Waals surface area contributed by atoms with Crippen molar-refractivity contribution in [3.05, 3.63) is 64.7 Å². The van der Waals surface area contributed by atoms with E-state index < -0.39 is 27.0 Å². The van der Waals surface area contributed by atoms with Crippen LogP contribution in [0.1, 0.15) is 85.5 Å². The molecule has 0 aromatic heterocycles. The molecule has 2 aromatic rings. The third-order valence-electron chi connectivity index (χ3n) is 12.1. The van der Waals surface area contributed by atoms with E-state index in [0.29, 0.717) is 49.8 Å². The van der Waals surface area contributed by atoms with Crippen molar-refractivity contribution >= 4 is 9.84 Å². The number of fused-ring (bicyclic) bond motifs is 5. The van der Waals surface area contributed by atoms with Crippen molar-refractivity contribution in [3.8, 4) is 18.1 Å². The lowest BCUT2D eigenvalue weighted by Gasteiger charge is -2.57. The van der Waals surface area contributed by atoms with Crippen LogP contribution < -0.4 is 4.74 Å². The van der Waals surface area contributed by atoms with Gasteiger partial charge in [-0.15, -0.1) is 6.42 Å². The minimum absolute atomic E-state index is 0.218. The summed E-state index contributed by atoms with van der Waals surface area (Å²) < 4.78 is 29.7. The summed E-state index contributed by atoms with van der Waals surface area (Å²) in [5, 5.41) is 22.9. The maximum Gasteiger partial charge on any atom is 0.152 e. The fourth-order valence-corrected chi connectivity index (χ4v) is 10.7. The second-order valence-electron chi connectivity index (χ2n) is 14.2. The molecule has 0 spiro atoms. The Hall–Kier alpha value is -2.37. The van der Waals surface area contributed by atoms with Gasteiger partial charge < -0.3 is 14.9 Å². The van der Waals surface area contributed by atoms with Crippen molar-refractivity contribution in [1.82, 2.24) is 4.90 Å². The summed E-state index contributed by atoms with van der Waals surface area (Å²) in [6.07, 6.45) is 11.3. The molecule has 1 aliphatic heterocycles. The van der Waals surface area contributed by atoms with Gasteiger partial charge in [0.2, 0.25) is 0 Å². The number of hydrogen-bond donors (Lipinski definition) is 2. The van der Waals surface area contributed by atoms with Crippen LogP contribution in [0.15, 0.2) is 42.5 Å². The molecule has 4 fully saturated rings. The molecule has 0 bridgehead atoms. The number of sulfone groups is 1. The first kappa shape index (κ1) is 29.3. The van der Waals surface area contributed by atoms with Crippen molar-refractivity contribution < 1.29 is 23.4 Å². The molecule has 2 N–H and O–H groups in total. The SMILES string of the molecule is C#CC(O)[C@]1(O)CC[C@H]2[C@@H]3CCc4cc(OCCN5CCS(=O)(=O)CC5)ccc4C3[C@@H](c3ccc(C4CC4)cc3)C[C@@]21C. The molecule has 5 aliphatic rings. The second-order valence-corrected chi connectivity index (χ2v) is 16.5. The third kappa shape index (κ3) is 5.13. The minimum Gasteiger partial charge on any atom is -0.492 e. The van der Waals surface area contributed by atoms with Crippen molar-refractivity contribution in [1.29, 1.82) is 0 Å². The highest BCUT2D eigenvalue weighted by atomic mass is 32.2. The van der Waals surface area contributed by atoms with Gasteiger partial charge in [0.25, 0.3) is 0 Å². The average Bonchev–Trinajstić information content (AvgIpc) is 3.82. The first-order valence-electron chi connectivity index (χ1n) is 16.3. The quantitative estimate of drug-likeness (QED) is 0.449. The number of nitrogens with zero attached hydrogens (tertiary/aromatic N) is 1. The Kier molecular flexibility index (Phi) is 7.44. The van der Waals surface area contributed by atoms with Gasteiger partial charge in [-0.1, -0.05) is 43.2 Å². The maximum absolute atomic E-state index is 12.0. The molecule has 6 nitrogen and oxygen atoms in total. The van der Waals surface area contributed by atoms with E-state index in [2.05, 4.69) is 60.2 Å². The first-order valence-corrected chi connectivity index (χ1v) is 18.1. The molecule has 4 aliphatic carbocycles. The van der Waals surface area contributed by atoms with Crippen LogP contribution in [0.3, 0.4) is 0 Å². The van der Waals surface area contributed by atoms with E-state index in [1.165, 1.54) is 35.1 Å². The first-order chi connectivity index (χ1) is 20.6. The van der Waals surface area contributed by atoms with Crippen LogP contribution >= 0.6 is 0 Å². The van der Waals surface area contributed by atoms with E-state index in [-0.39, 0.29) is 17.4 Å². The van der Waals surface area contributed by atoms with Gasteiger partial charge in [0.1, 0.15) is 24.1 Å². The van der Waals surface area contributed by atoms with E-state index in [1.54, 1.807) is 0 Å². The Morgan fingerprint density at radius 2 is 1.79 bits per heavy atom. The smallest absolute Gasteiger partial charge is 0.152 e. The maximum atomic E-state index is 12.0. The zero-order valence-corrected chi connectivity index (χ0v) is 26.1. The lowest BCUT2D eigenvalue weighted by molar-refractivity contribution is -0.151. The summed E-state index contributed by atoms with van der Waals surface area (Å²) in [5.41, 5.74) is 3.76. The van der Waals surface area contributed by atoms with Gasteiger partial charge in [0, 0.05) is 25.0 Å². The summed E-state index contributed by atoms with van der Waals surface area (Å²) in [6.45, 7) is 4.61. The largest absolute Gasteiger partial charge is 0.492 e. The number of benzene rings is 2. The van der Waals surface area contributed by atoms with Crippen molar-refractivity contribution in [2.24, 2.45) is 17.3 Å². The lowest BCUT2D eigenvalue weighted by atomic mass is 9.48. The van der Waals surface area contributed by atoms with Crippen LogP contribution in [0.4, 0.5) is 0 Å². The zero-order valence-electron chi connectivity index (χ0n) is 25.2. The number of hydrogen-bond acceptors (Lipinski definition) is 6. The third-order valence-corrected chi connectivity index (χ3v) is 13.7. The highest BCUT2D eigenvalue weighted by Gasteiger charge is 2.65. The molecule has 1 saturated heterocycles. The predicted molar refractivity (Wildman–Crippen MR) is 168 cm³/mol. The Morgan fingerprint density at radius 3 is 2.49 bits per heavy atom. The molecule has 1 heterocycles. The van der Waals surface area contributed by atoms with Crippen molar-refractivity contribution in [2.45, 2.75) is 81.3 Å². The normalized spacial score (nSPS) is 35.7. The van der Waals surface area contributed by atoms with Gasteiger partial charge in [-0.3, -0.25) is 4.90 Å². The summed E-state index contributed by atoms with van der Waals surface area (Å²) in [4.78, 5) is 2.17. The fraction of sp³-hybridized carbons (Fsp3) is 0.611. The summed E-state index contributed by atoms with van der Waals surface area (Å²) >= 11 is 0. The van der Waals surface area contributed by atoms with Gasteiger partial charge in [-0.05, 0) is 109 Å². The van der Waals surface area contributed by atoms with Gasteiger partial charge in [0.05, 0.1) is 11.5 Å². The highest BCUT2D eigenvalue weighted by Crippen LogP contribution is 2.68. The summed E-state index contributed by atoms with van der Waals surface area (Å²) in [7, 11) is -2.88. The molecular formula is C36H45NO5S. The van der Waals surface area contributed by atoms with Crippen molar-refractivity contribution in [3.63, 3.8) is 0 Å². The fourth-order valence-electron chi connectivity index (χ4n) is 9.42. The van der Waals surface area contributed by atoms with E-state index in [4.69, 9.17) is 11.2 Å². The minimum atomic E-state index is -2.88. The van der Waals surface area contributed by atoms with Gasteiger partial charge >= 0.3 is 0 Å².